The first-order valence-corrected chi connectivity index (χ1v) is 1.63. The van der Waals surface area contributed by atoms with Crippen molar-refractivity contribution in [1.82, 2.24) is 0 Å². The molecule has 0 rings (SSSR count). The summed E-state index contributed by atoms with van der Waals surface area (Å²) < 4.78 is 0. The molecule has 0 unspecified atom stereocenters. The van der Waals surface area contributed by atoms with Gasteiger partial charge in [0.05, 0.1) is 0 Å². The Morgan fingerprint density at radius 1 is 1.83 bits per heavy atom. The van der Waals surface area contributed by atoms with Crippen molar-refractivity contribution in [1.29, 1.82) is 0 Å². The smallest absolute Gasteiger partial charge is 0 e. The van der Waals surface area contributed by atoms with Crippen molar-refractivity contribution in [3.05, 3.63) is 6.42 Å². The summed E-state index contributed by atoms with van der Waals surface area (Å²) in [5.74, 6) is 2.46. The van der Waals surface area contributed by atoms with Crippen molar-refractivity contribution in [2.75, 3.05) is 0 Å². The fraction of sp³-hybridized carbons (Fsp3) is 0.400. The van der Waals surface area contributed by atoms with Gasteiger partial charge in [0, 0.05) is 32.7 Å². The Morgan fingerprint density at radius 3 is 2.33 bits per heavy atom. The maximum Gasteiger partial charge on any atom is 0 e. The van der Waals surface area contributed by atoms with Gasteiger partial charge in [-0.15, -0.1) is 18.8 Å². The minimum atomic E-state index is 0. The molecule has 0 aromatic carbocycles. The van der Waals surface area contributed by atoms with Crippen molar-refractivity contribution >= 4 is 0 Å². The van der Waals surface area contributed by atoms with E-state index >= 15 is 0 Å². The molecule has 0 aliphatic heterocycles. The van der Waals surface area contributed by atoms with Gasteiger partial charge in [0.15, 0.2) is 0 Å². The van der Waals surface area contributed by atoms with E-state index in [-0.39, 0.29) is 32.7 Å². The Bertz CT molecular complexity index is 42.4. The van der Waals surface area contributed by atoms with Crippen LogP contribution in [0.15, 0.2) is 0 Å². The Hall–Kier alpha value is 0.664. The summed E-state index contributed by atoms with van der Waals surface area (Å²) in [5, 5.41) is 0. The van der Waals surface area contributed by atoms with Gasteiger partial charge in [0.25, 0.3) is 0 Å². The first kappa shape index (κ1) is 9.83. The number of rotatable bonds is 1. The zero-order valence-corrected chi connectivity index (χ0v) is 6.78. The van der Waals surface area contributed by atoms with Crippen LogP contribution in [0.5, 0.6) is 0 Å². The third kappa shape index (κ3) is 8.82. The van der Waals surface area contributed by atoms with Gasteiger partial charge >= 0.3 is 0 Å². The molecular weight excluding hydrogens is 149 g/mol. The van der Waals surface area contributed by atoms with Crippen molar-refractivity contribution in [2.24, 2.45) is 0 Å². The summed E-state index contributed by atoms with van der Waals surface area (Å²) in [4.78, 5) is 0. The fourth-order valence-corrected chi connectivity index (χ4v) is 0.118. The molecule has 0 heterocycles. The average molecular weight is 156 g/mol. The van der Waals surface area contributed by atoms with Gasteiger partial charge in [0.1, 0.15) is 0 Å². The normalized spacial score (nSPS) is 5.33. The summed E-state index contributed by atoms with van der Waals surface area (Å²) in [6, 6.07) is 0. The van der Waals surface area contributed by atoms with E-state index in [0.29, 0.717) is 0 Å². The van der Waals surface area contributed by atoms with Gasteiger partial charge in [-0.05, 0) is 0 Å². The minimum Gasteiger partial charge on any atom is -0.320 e. The van der Waals surface area contributed by atoms with Crippen LogP contribution in [0.3, 0.4) is 0 Å². The predicted octanol–water partition coefficient (Wildman–Crippen LogP) is 1.23. The molecule has 0 amide bonds. The van der Waals surface area contributed by atoms with Crippen LogP contribution in [0.2, 0.25) is 0 Å². The Kier molecular flexibility index (Phi) is 15.0. The van der Waals surface area contributed by atoms with Crippen molar-refractivity contribution < 1.29 is 32.7 Å². The second-order valence-corrected chi connectivity index (χ2v) is 0.816. The molecule has 0 atom stereocenters. The molecule has 0 aliphatic rings. The summed E-state index contributed by atoms with van der Waals surface area (Å²) in [5.41, 5.74) is 0. The van der Waals surface area contributed by atoms with Gasteiger partial charge in [-0.3, -0.25) is 0 Å². The molecule has 0 aromatic heterocycles. The molecule has 0 aromatic rings. The second-order valence-electron chi connectivity index (χ2n) is 0.816. The molecule has 1 radical (unpaired) electrons. The molecule has 0 spiro atoms. The summed E-state index contributed by atoms with van der Waals surface area (Å²) >= 11 is 0. The van der Waals surface area contributed by atoms with Crippen LogP contribution in [-0.4, -0.2) is 0 Å². The van der Waals surface area contributed by atoms with Crippen LogP contribution < -0.4 is 0 Å². The second kappa shape index (κ2) is 9.18. The van der Waals surface area contributed by atoms with Gasteiger partial charge < -0.3 is 6.42 Å². The predicted molar refractivity (Wildman–Crippen MR) is 23.4 cm³/mol. The van der Waals surface area contributed by atoms with E-state index in [1.807, 2.05) is 13.3 Å². The first-order chi connectivity index (χ1) is 2.41. The molecule has 0 N–H and O–H groups in total. The van der Waals surface area contributed by atoms with Gasteiger partial charge in [-0.2, -0.15) is 6.92 Å². The molecule has 1 heteroatoms. The van der Waals surface area contributed by atoms with Gasteiger partial charge in [0.2, 0.25) is 0 Å². The third-order valence-corrected chi connectivity index (χ3v) is 0.322. The SMILES string of the molecule is C#CC[CH-]C.[Y]. The minimum absolute atomic E-state index is 0. The number of unbranched alkanes of at least 4 members (excludes halogenated alkanes) is 1. The molecule has 0 saturated heterocycles. The molecule has 0 aliphatic carbocycles. The van der Waals surface area contributed by atoms with Crippen molar-refractivity contribution in [3.8, 4) is 12.3 Å². The van der Waals surface area contributed by atoms with Crippen LogP contribution in [0, 0.1) is 18.8 Å². The quantitative estimate of drug-likeness (QED) is 0.395. The first-order valence-electron chi connectivity index (χ1n) is 1.63. The molecule has 0 saturated carbocycles. The molecule has 0 bridgehead atoms. The largest absolute Gasteiger partial charge is 0.320 e. The summed E-state index contributed by atoms with van der Waals surface area (Å²) in [6.45, 7) is 1.94. The zero-order chi connectivity index (χ0) is 4.12. The van der Waals surface area contributed by atoms with E-state index in [4.69, 9.17) is 6.42 Å². The van der Waals surface area contributed by atoms with E-state index in [2.05, 4.69) is 5.92 Å². The molecule has 31 valence electrons. The number of hydrogen-bond acceptors (Lipinski definition) is 0. The summed E-state index contributed by atoms with van der Waals surface area (Å²) in [7, 11) is 0. The zero-order valence-electron chi connectivity index (χ0n) is 3.94. The number of terminal acetylenes is 1. The van der Waals surface area contributed by atoms with Crippen LogP contribution in [0.4, 0.5) is 0 Å². The summed E-state index contributed by atoms with van der Waals surface area (Å²) in [6.07, 6.45) is 7.59. The topological polar surface area (TPSA) is 0 Å². The van der Waals surface area contributed by atoms with Gasteiger partial charge in [-0.1, -0.05) is 0 Å². The van der Waals surface area contributed by atoms with Gasteiger partial charge in [-0.25, -0.2) is 0 Å². The van der Waals surface area contributed by atoms with Crippen molar-refractivity contribution in [3.63, 3.8) is 0 Å². The Labute approximate surface area is 64.6 Å². The van der Waals surface area contributed by atoms with Crippen molar-refractivity contribution in [2.45, 2.75) is 13.3 Å². The Morgan fingerprint density at radius 2 is 2.33 bits per heavy atom. The van der Waals surface area contributed by atoms with Crippen LogP contribution in [0.1, 0.15) is 13.3 Å². The molecular formula is C5H7Y-. The molecule has 6 heavy (non-hydrogen) atoms. The van der Waals surface area contributed by atoms with E-state index in [0.717, 1.165) is 6.42 Å². The molecule has 0 nitrogen and oxygen atoms in total. The van der Waals surface area contributed by atoms with E-state index in [1.165, 1.54) is 0 Å². The van der Waals surface area contributed by atoms with E-state index < -0.39 is 0 Å². The monoisotopic (exact) mass is 156 g/mol. The van der Waals surface area contributed by atoms with E-state index in [9.17, 15) is 0 Å². The van der Waals surface area contributed by atoms with E-state index in [1.54, 1.807) is 0 Å². The molecule has 0 fully saturated rings. The van der Waals surface area contributed by atoms with Crippen LogP contribution in [0.25, 0.3) is 0 Å². The van der Waals surface area contributed by atoms with Crippen LogP contribution >= 0.6 is 0 Å². The van der Waals surface area contributed by atoms with Crippen LogP contribution in [-0.2, 0) is 32.7 Å². The standard InChI is InChI=1S/C5H7.Y/c1-3-5-4-2;/h1,4H,5H2,2H3;/q-1;. The maximum atomic E-state index is 4.86. The number of hydrogen-bond donors (Lipinski definition) is 0. The third-order valence-electron chi connectivity index (χ3n) is 0.322. The maximum absolute atomic E-state index is 4.86. The fourth-order valence-electron chi connectivity index (χ4n) is 0.118. The average Bonchev–Trinajstić information content (AvgIpc) is 1.41. The Balaban J connectivity index is 0.